The van der Waals surface area contributed by atoms with Crippen LogP contribution < -0.4 is 5.43 Å². The van der Waals surface area contributed by atoms with Crippen LogP contribution in [0, 0.1) is 0 Å². The van der Waals surface area contributed by atoms with Crippen molar-refractivity contribution in [3.05, 3.63) is 28.2 Å². The first kappa shape index (κ1) is 16.6. The van der Waals surface area contributed by atoms with Crippen molar-refractivity contribution < 1.29 is 5.11 Å². The largest absolute Gasteiger partial charge is 0.503 e. The summed E-state index contributed by atoms with van der Waals surface area (Å²) in [5.74, 6) is -0.103. The number of rotatable bonds is 3. The molecule has 0 bridgehead atoms. The molecule has 1 aromatic rings. The number of nitrogens with zero attached hydrogens (tertiary/aromatic N) is 2. The van der Waals surface area contributed by atoms with E-state index in [0.717, 1.165) is 38.2 Å². The fourth-order valence-corrected chi connectivity index (χ4v) is 4.10. The summed E-state index contributed by atoms with van der Waals surface area (Å²) in [7, 11) is 0. The standard InChI is InChI=1S/C19H30N2O2/c22-18-13-17(14-20-11-7-3-4-8-12-20)21(15-19(18)23)16-9-5-1-2-6-10-16/h13,15-16,23H,1-12,14H2. The minimum atomic E-state index is -0.236. The molecule has 1 aliphatic carbocycles. The lowest BCUT2D eigenvalue weighted by molar-refractivity contribution is 0.262. The van der Waals surface area contributed by atoms with Crippen molar-refractivity contribution in [2.24, 2.45) is 0 Å². The van der Waals surface area contributed by atoms with Gasteiger partial charge in [0.15, 0.2) is 5.75 Å². The molecule has 0 atom stereocenters. The molecule has 1 aliphatic heterocycles. The second-order valence-corrected chi connectivity index (χ2v) is 7.26. The molecule has 1 N–H and O–H groups in total. The van der Waals surface area contributed by atoms with Gasteiger partial charge in [0.1, 0.15) is 0 Å². The fourth-order valence-electron chi connectivity index (χ4n) is 4.10. The summed E-state index contributed by atoms with van der Waals surface area (Å²) in [6, 6.07) is 2.11. The van der Waals surface area contributed by atoms with Crippen LogP contribution in [0.4, 0.5) is 0 Å². The van der Waals surface area contributed by atoms with Crippen LogP contribution in [0.3, 0.4) is 0 Å². The molecule has 128 valence electrons. The molecular formula is C19H30N2O2. The predicted octanol–water partition coefficient (Wildman–Crippen LogP) is 3.83. The monoisotopic (exact) mass is 318 g/mol. The quantitative estimate of drug-likeness (QED) is 0.862. The van der Waals surface area contributed by atoms with E-state index >= 15 is 0 Å². The Bertz CT molecular complexity index is 551. The second-order valence-electron chi connectivity index (χ2n) is 7.26. The summed E-state index contributed by atoms with van der Waals surface area (Å²) in [4.78, 5) is 14.4. The van der Waals surface area contributed by atoms with Gasteiger partial charge in [-0.3, -0.25) is 9.69 Å². The third-order valence-corrected chi connectivity index (χ3v) is 5.45. The Hall–Kier alpha value is -1.29. The topological polar surface area (TPSA) is 45.5 Å². The lowest BCUT2D eigenvalue weighted by Gasteiger charge is -2.27. The summed E-state index contributed by atoms with van der Waals surface area (Å²) in [5.41, 5.74) is 0.848. The SMILES string of the molecule is O=c1cc(CN2CCCCCC2)n(C2CCCCCC2)cc1O. The van der Waals surface area contributed by atoms with Gasteiger partial charge in [0.25, 0.3) is 0 Å². The average Bonchev–Trinajstić information content (AvgIpc) is 2.95. The van der Waals surface area contributed by atoms with Crippen LogP contribution in [0.1, 0.15) is 75.9 Å². The Labute approximate surface area is 139 Å². The van der Waals surface area contributed by atoms with E-state index in [0.29, 0.717) is 6.04 Å². The minimum Gasteiger partial charge on any atom is -0.503 e. The molecule has 4 heteroatoms. The van der Waals surface area contributed by atoms with Crippen LogP contribution in [0.5, 0.6) is 5.75 Å². The van der Waals surface area contributed by atoms with E-state index in [1.54, 1.807) is 12.3 Å². The number of aromatic hydroxyl groups is 1. The van der Waals surface area contributed by atoms with Crippen molar-refractivity contribution in [1.29, 1.82) is 0 Å². The van der Waals surface area contributed by atoms with E-state index in [9.17, 15) is 9.90 Å². The van der Waals surface area contributed by atoms with Crippen LogP contribution in [-0.4, -0.2) is 27.7 Å². The van der Waals surface area contributed by atoms with Crippen LogP contribution in [0.25, 0.3) is 0 Å². The first-order valence-corrected chi connectivity index (χ1v) is 9.40. The smallest absolute Gasteiger partial charge is 0.223 e. The molecule has 23 heavy (non-hydrogen) atoms. The molecule has 0 spiro atoms. The first-order valence-electron chi connectivity index (χ1n) is 9.40. The van der Waals surface area contributed by atoms with Gasteiger partial charge in [-0.1, -0.05) is 38.5 Å². The van der Waals surface area contributed by atoms with Crippen LogP contribution in [-0.2, 0) is 6.54 Å². The molecule has 0 radical (unpaired) electrons. The maximum absolute atomic E-state index is 12.0. The molecule has 3 rings (SSSR count). The highest BCUT2D eigenvalue weighted by Crippen LogP contribution is 2.29. The molecule has 2 aliphatic rings. The number of hydrogen-bond acceptors (Lipinski definition) is 3. The Kier molecular flexibility index (Phi) is 5.76. The maximum Gasteiger partial charge on any atom is 0.223 e. The minimum absolute atomic E-state index is 0.103. The number of pyridine rings is 1. The maximum atomic E-state index is 12.0. The highest BCUT2D eigenvalue weighted by Gasteiger charge is 2.19. The first-order chi connectivity index (χ1) is 11.2. The molecule has 0 amide bonds. The molecule has 1 saturated heterocycles. The van der Waals surface area contributed by atoms with Crippen molar-refractivity contribution in [1.82, 2.24) is 9.47 Å². The lowest BCUT2D eigenvalue weighted by Crippen LogP contribution is -2.28. The van der Waals surface area contributed by atoms with Gasteiger partial charge in [0.05, 0.1) is 6.20 Å². The Balaban J connectivity index is 1.84. The number of hydrogen-bond donors (Lipinski definition) is 1. The van der Waals surface area contributed by atoms with E-state index in [1.165, 1.54) is 51.4 Å². The second kappa shape index (κ2) is 8.00. The molecule has 2 heterocycles. The van der Waals surface area contributed by atoms with Crippen LogP contribution in [0.15, 0.2) is 17.1 Å². The van der Waals surface area contributed by atoms with Crippen molar-refractivity contribution in [3.63, 3.8) is 0 Å². The molecule has 0 unspecified atom stereocenters. The Morgan fingerprint density at radius 2 is 1.57 bits per heavy atom. The van der Waals surface area contributed by atoms with Crippen LogP contribution >= 0.6 is 0 Å². The summed E-state index contributed by atoms with van der Waals surface area (Å²) in [6.07, 6.45) is 14.3. The summed E-state index contributed by atoms with van der Waals surface area (Å²) in [5, 5.41) is 9.93. The van der Waals surface area contributed by atoms with Crippen molar-refractivity contribution in [2.45, 2.75) is 76.8 Å². The van der Waals surface area contributed by atoms with E-state index in [1.807, 2.05) is 0 Å². The Morgan fingerprint density at radius 3 is 2.22 bits per heavy atom. The van der Waals surface area contributed by atoms with Gasteiger partial charge < -0.3 is 9.67 Å². The van der Waals surface area contributed by atoms with E-state index in [2.05, 4.69) is 9.47 Å². The number of likely N-dealkylation sites (tertiary alicyclic amines) is 1. The third-order valence-electron chi connectivity index (χ3n) is 5.45. The zero-order chi connectivity index (χ0) is 16.1. The predicted molar refractivity (Wildman–Crippen MR) is 92.9 cm³/mol. The number of aromatic nitrogens is 1. The molecule has 2 fully saturated rings. The normalized spacial score (nSPS) is 21.7. The van der Waals surface area contributed by atoms with Crippen LogP contribution in [0.2, 0.25) is 0 Å². The van der Waals surface area contributed by atoms with Crippen molar-refractivity contribution >= 4 is 0 Å². The molecule has 0 aromatic carbocycles. The average molecular weight is 318 g/mol. The summed E-state index contributed by atoms with van der Waals surface area (Å²) >= 11 is 0. The highest BCUT2D eigenvalue weighted by atomic mass is 16.3. The fraction of sp³-hybridized carbons (Fsp3) is 0.737. The van der Waals surface area contributed by atoms with Gasteiger partial charge in [0, 0.05) is 24.3 Å². The third kappa shape index (κ3) is 4.37. The zero-order valence-electron chi connectivity index (χ0n) is 14.2. The van der Waals surface area contributed by atoms with Gasteiger partial charge in [-0.15, -0.1) is 0 Å². The van der Waals surface area contributed by atoms with Crippen molar-refractivity contribution in [3.8, 4) is 5.75 Å². The summed E-state index contributed by atoms with van der Waals surface area (Å²) < 4.78 is 2.22. The lowest BCUT2D eigenvalue weighted by atomic mass is 10.1. The van der Waals surface area contributed by atoms with Crippen molar-refractivity contribution in [2.75, 3.05) is 13.1 Å². The molecule has 1 aromatic heterocycles. The van der Waals surface area contributed by atoms with E-state index in [-0.39, 0.29) is 11.2 Å². The van der Waals surface area contributed by atoms with Gasteiger partial charge >= 0.3 is 0 Å². The van der Waals surface area contributed by atoms with E-state index < -0.39 is 0 Å². The molecule has 1 saturated carbocycles. The Morgan fingerprint density at radius 1 is 0.957 bits per heavy atom. The highest BCUT2D eigenvalue weighted by molar-refractivity contribution is 5.21. The molecular weight excluding hydrogens is 288 g/mol. The van der Waals surface area contributed by atoms with E-state index in [4.69, 9.17) is 0 Å². The zero-order valence-corrected chi connectivity index (χ0v) is 14.2. The van der Waals surface area contributed by atoms with Gasteiger partial charge in [-0.2, -0.15) is 0 Å². The summed E-state index contributed by atoms with van der Waals surface area (Å²) in [6.45, 7) is 3.09. The van der Waals surface area contributed by atoms with Gasteiger partial charge in [0.2, 0.25) is 5.43 Å². The molecule has 4 nitrogen and oxygen atoms in total. The van der Waals surface area contributed by atoms with Gasteiger partial charge in [-0.05, 0) is 38.8 Å². The van der Waals surface area contributed by atoms with Gasteiger partial charge in [-0.25, -0.2) is 0 Å².